The van der Waals surface area contributed by atoms with Gasteiger partial charge in [-0.3, -0.25) is 9.36 Å². The highest BCUT2D eigenvalue weighted by Gasteiger charge is 2.22. The van der Waals surface area contributed by atoms with Gasteiger partial charge in [0.2, 0.25) is 0 Å². The second-order valence-electron chi connectivity index (χ2n) is 8.44. The second-order valence-corrected chi connectivity index (χ2v) is 8.44. The summed E-state index contributed by atoms with van der Waals surface area (Å²) in [5.74, 6) is 2.07. The van der Waals surface area contributed by atoms with Gasteiger partial charge < -0.3 is 4.57 Å². The lowest BCUT2D eigenvalue weighted by Gasteiger charge is -2.21. The van der Waals surface area contributed by atoms with Crippen LogP contribution in [0.3, 0.4) is 0 Å². The molecule has 0 amide bonds. The van der Waals surface area contributed by atoms with Crippen LogP contribution in [0.25, 0.3) is 17.3 Å². The molecule has 0 fully saturated rings. The Labute approximate surface area is 183 Å². The Morgan fingerprint density at radius 2 is 1.58 bits per heavy atom. The Kier molecular flexibility index (Phi) is 5.85. The lowest BCUT2D eigenvalue weighted by Crippen LogP contribution is -2.10. The molecule has 0 N–H and O–H groups in total. The molecule has 0 unspecified atom stereocenters. The highest BCUT2D eigenvalue weighted by molar-refractivity contribution is 5.74. The fourth-order valence-corrected chi connectivity index (χ4v) is 4.00. The summed E-state index contributed by atoms with van der Waals surface area (Å²) >= 11 is 0. The Hall–Kier alpha value is -3.47. The average molecular weight is 413 g/mol. The number of carbonyl (C=O) groups excluding carboxylic acids is 1. The van der Waals surface area contributed by atoms with Gasteiger partial charge in [0.25, 0.3) is 0 Å². The van der Waals surface area contributed by atoms with Crippen molar-refractivity contribution in [3.63, 3.8) is 0 Å². The predicted molar refractivity (Wildman–Crippen MR) is 124 cm³/mol. The van der Waals surface area contributed by atoms with Crippen molar-refractivity contribution in [3.8, 4) is 17.3 Å². The van der Waals surface area contributed by atoms with Crippen molar-refractivity contribution in [2.45, 2.75) is 46.1 Å². The molecule has 0 aliphatic rings. The van der Waals surface area contributed by atoms with Crippen LogP contribution in [0.4, 0.5) is 0 Å². The van der Waals surface area contributed by atoms with E-state index in [1.807, 2.05) is 30.6 Å². The topological polar surface area (TPSA) is 52.7 Å². The van der Waals surface area contributed by atoms with Crippen LogP contribution in [0.1, 0.15) is 66.7 Å². The smallest absolute Gasteiger partial charge is 0.181 e. The fourth-order valence-electron chi connectivity index (χ4n) is 4.00. The molecule has 4 aromatic rings. The molecule has 0 saturated heterocycles. The Bertz CT molecular complexity index is 1160. The zero-order chi connectivity index (χ0) is 22.0. The minimum atomic E-state index is 0.327. The molecule has 31 heavy (non-hydrogen) atoms. The molecule has 0 spiro atoms. The summed E-state index contributed by atoms with van der Waals surface area (Å²) in [7, 11) is 0. The number of aldehydes is 1. The maximum absolute atomic E-state index is 11.7. The number of carbonyl (C=O) groups is 1. The van der Waals surface area contributed by atoms with E-state index < -0.39 is 0 Å². The van der Waals surface area contributed by atoms with Gasteiger partial charge in [-0.2, -0.15) is 0 Å². The van der Waals surface area contributed by atoms with Crippen LogP contribution in [-0.4, -0.2) is 25.4 Å². The number of nitrogens with zero attached hydrogens (tertiary/aromatic N) is 4. The molecule has 4 rings (SSSR count). The van der Waals surface area contributed by atoms with E-state index in [2.05, 4.69) is 77.1 Å². The van der Waals surface area contributed by atoms with Crippen LogP contribution >= 0.6 is 0 Å². The van der Waals surface area contributed by atoms with E-state index in [0.717, 1.165) is 17.8 Å². The van der Waals surface area contributed by atoms with Gasteiger partial charge in [0.05, 0.1) is 5.69 Å². The van der Waals surface area contributed by atoms with Crippen molar-refractivity contribution in [3.05, 3.63) is 89.5 Å². The zero-order valence-electron chi connectivity index (χ0n) is 18.5. The molecule has 2 aromatic heterocycles. The molecule has 0 atom stereocenters. The number of hydrogen-bond acceptors (Lipinski definition) is 3. The largest absolute Gasteiger partial charge is 0.324 e. The molecule has 2 aromatic carbocycles. The van der Waals surface area contributed by atoms with Gasteiger partial charge >= 0.3 is 0 Å². The van der Waals surface area contributed by atoms with E-state index in [1.54, 1.807) is 6.20 Å². The van der Waals surface area contributed by atoms with Crippen LogP contribution in [0.2, 0.25) is 0 Å². The van der Waals surface area contributed by atoms with Crippen molar-refractivity contribution < 1.29 is 4.79 Å². The van der Waals surface area contributed by atoms with Crippen LogP contribution in [0, 0.1) is 0 Å². The Balaban J connectivity index is 1.92. The molecular formula is C26H28N4O. The van der Waals surface area contributed by atoms with Crippen LogP contribution in [0.5, 0.6) is 0 Å². The number of hydrogen-bond donors (Lipinski definition) is 0. The fraction of sp³-hybridized carbons (Fsp3) is 0.269. The molecule has 158 valence electrons. The number of imidazole rings is 2. The number of benzene rings is 2. The maximum atomic E-state index is 11.7. The summed E-state index contributed by atoms with van der Waals surface area (Å²) < 4.78 is 4.13. The SMILES string of the molecule is CC(C)c1cccc(C(C)C)c1-n1cc(C=O)nc1-c1nccn1Cc1ccccc1. The average Bonchev–Trinajstić information content (AvgIpc) is 3.40. The Morgan fingerprint density at radius 1 is 0.903 bits per heavy atom. The van der Waals surface area contributed by atoms with E-state index in [1.165, 1.54) is 16.7 Å². The number of aromatic nitrogens is 4. The summed E-state index contributed by atoms with van der Waals surface area (Å²) in [5, 5.41) is 0. The molecular weight excluding hydrogens is 384 g/mol. The van der Waals surface area contributed by atoms with E-state index in [4.69, 9.17) is 0 Å². The van der Waals surface area contributed by atoms with Gasteiger partial charge in [-0.1, -0.05) is 76.2 Å². The maximum Gasteiger partial charge on any atom is 0.181 e. The zero-order valence-corrected chi connectivity index (χ0v) is 18.5. The first-order chi connectivity index (χ1) is 15.0. The van der Waals surface area contributed by atoms with E-state index >= 15 is 0 Å². The third-order valence-corrected chi connectivity index (χ3v) is 5.54. The highest BCUT2D eigenvalue weighted by Crippen LogP contribution is 2.34. The van der Waals surface area contributed by atoms with E-state index in [9.17, 15) is 4.79 Å². The van der Waals surface area contributed by atoms with Gasteiger partial charge in [-0.25, -0.2) is 9.97 Å². The quantitative estimate of drug-likeness (QED) is 0.358. The first-order valence-corrected chi connectivity index (χ1v) is 10.7. The Morgan fingerprint density at radius 3 is 2.19 bits per heavy atom. The third-order valence-electron chi connectivity index (χ3n) is 5.54. The van der Waals surface area contributed by atoms with Gasteiger partial charge in [0.1, 0.15) is 5.69 Å². The molecule has 0 saturated carbocycles. The van der Waals surface area contributed by atoms with Gasteiger partial charge in [-0.05, 0) is 28.5 Å². The van der Waals surface area contributed by atoms with E-state index in [-0.39, 0.29) is 0 Å². The van der Waals surface area contributed by atoms with Crippen molar-refractivity contribution >= 4 is 6.29 Å². The van der Waals surface area contributed by atoms with Crippen molar-refractivity contribution in [1.29, 1.82) is 0 Å². The first-order valence-electron chi connectivity index (χ1n) is 10.7. The highest BCUT2D eigenvalue weighted by atomic mass is 16.1. The molecule has 0 bridgehead atoms. The molecule has 0 aliphatic carbocycles. The summed E-state index contributed by atoms with van der Waals surface area (Å²) in [6.07, 6.45) is 6.38. The lowest BCUT2D eigenvalue weighted by atomic mass is 9.92. The predicted octanol–water partition coefficient (Wildman–Crippen LogP) is 5.84. The van der Waals surface area contributed by atoms with Gasteiger partial charge in [-0.15, -0.1) is 0 Å². The van der Waals surface area contributed by atoms with Crippen LogP contribution in [-0.2, 0) is 6.54 Å². The molecule has 5 heteroatoms. The standard InChI is InChI=1S/C26H28N4O/c1-18(2)22-11-8-12-23(19(3)4)24(22)30-16-21(17-31)28-26(30)25-27-13-14-29(25)15-20-9-6-5-7-10-20/h5-14,16-19H,15H2,1-4H3. The first kappa shape index (κ1) is 20.8. The van der Waals surface area contributed by atoms with Gasteiger partial charge in [0, 0.05) is 25.1 Å². The summed E-state index contributed by atoms with van der Waals surface area (Å²) in [6, 6.07) is 16.7. The van der Waals surface area contributed by atoms with E-state index in [0.29, 0.717) is 29.9 Å². The molecule has 2 heterocycles. The normalized spacial score (nSPS) is 11.4. The monoisotopic (exact) mass is 412 g/mol. The number of rotatable bonds is 7. The molecule has 0 aliphatic heterocycles. The lowest BCUT2D eigenvalue weighted by molar-refractivity contribution is 0.111. The summed E-state index contributed by atoms with van der Waals surface area (Å²) in [5.41, 5.74) is 5.13. The minimum absolute atomic E-state index is 0.327. The van der Waals surface area contributed by atoms with Crippen molar-refractivity contribution in [2.75, 3.05) is 0 Å². The minimum Gasteiger partial charge on any atom is -0.324 e. The van der Waals surface area contributed by atoms with Crippen molar-refractivity contribution in [2.24, 2.45) is 0 Å². The summed E-state index contributed by atoms with van der Waals surface area (Å²) in [6.45, 7) is 9.45. The molecule has 5 nitrogen and oxygen atoms in total. The van der Waals surface area contributed by atoms with Gasteiger partial charge in [0.15, 0.2) is 17.9 Å². The third kappa shape index (κ3) is 4.08. The van der Waals surface area contributed by atoms with Crippen LogP contribution in [0.15, 0.2) is 67.1 Å². The summed E-state index contributed by atoms with van der Waals surface area (Å²) in [4.78, 5) is 21.0. The number of para-hydroxylation sites is 1. The second kappa shape index (κ2) is 8.72. The molecule has 0 radical (unpaired) electrons. The van der Waals surface area contributed by atoms with Crippen molar-refractivity contribution in [1.82, 2.24) is 19.1 Å². The van der Waals surface area contributed by atoms with Crippen LogP contribution < -0.4 is 0 Å².